The van der Waals surface area contributed by atoms with E-state index in [-0.39, 0.29) is 24.4 Å². The largest absolute Gasteiger partial charge is 0.465 e. The topological polar surface area (TPSA) is 87.2 Å². The second-order valence-electron chi connectivity index (χ2n) is 11.0. The van der Waals surface area contributed by atoms with E-state index in [1.807, 2.05) is 54.3 Å². The number of esters is 1. The van der Waals surface area contributed by atoms with Crippen molar-refractivity contribution in [3.8, 4) is 0 Å². The molecule has 38 heavy (non-hydrogen) atoms. The highest BCUT2D eigenvalue weighted by molar-refractivity contribution is 8.02. The fraction of sp³-hybridized carbons (Fsp3) is 0.567. The van der Waals surface area contributed by atoms with Crippen molar-refractivity contribution in [2.24, 2.45) is 11.8 Å². The SMILES string of the molecule is CCCCN1CC=C[C@]23S[C@]4(C)/C=C\CCCCOC(=O)[C@@H]4[C@H]2C(=O)N([C@H](CO)c2ccccc2)C3C1=O. The van der Waals surface area contributed by atoms with Crippen LogP contribution in [0.3, 0.4) is 0 Å². The van der Waals surface area contributed by atoms with E-state index in [1.165, 1.54) is 0 Å². The minimum Gasteiger partial charge on any atom is -0.465 e. The number of aliphatic hydroxyl groups excluding tert-OH is 1. The molecule has 1 N–H and O–H groups in total. The Morgan fingerprint density at radius 1 is 1.08 bits per heavy atom. The van der Waals surface area contributed by atoms with Crippen molar-refractivity contribution >= 4 is 29.5 Å². The molecule has 1 aromatic carbocycles. The van der Waals surface area contributed by atoms with Crippen LogP contribution < -0.4 is 0 Å². The van der Waals surface area contributed by atoms with Crippen molar-refractivity contribution in [3.63, 3.8) is 0 Å². The number of nitrogens with zero attached hydrogens (tertiary/aromatic N) is 2. The summed E-state index contributed by atoms with van der Waals surface area (Å²) in [7, 11) is 0. The maximum atomic E-state index is 14.6. The molecule has 0 saturated carbocycles. The molecular weight excluding hydrogens is 500 g/mol. The molecule has 5 rings (SSSR count). The van der Waals surface area contributed by atoms with Gasteiger partial charge in [0.05, 0.1) is 35.8 Å². The molecular formula is C30H38N2O5S. The second-order valence-corrected chi connectivity index (χ2v) is 12.7. The molecule has 0 radical (unpaired) electrons. The highest BCUT2D eigenvalue weighted by Gasteiger charge is 2.74. The van der Waals surface area contributed by atoms with Gasteiger partial charge in [-0.1, -0.05) is 68.0 Å². The van der Waals surface area contributed by atoms with E-state index in [1.54, 1.807) is 16.7 Å². The summed E-state index contributed by atoms with van der Waals surface area (Å²) in [4.78, 5) is 46.0. The first kappa shape index (κ1) is 27.0. The van der Waals surface area contributed by atoms with E-state index >= 15 is 0 Å². The molecule has 2 saturated heterocycles. The lowest BCUT2D eigenvalue weighted by atomic mass is 9.74. The zero-order valence-electron chi connectivity index (χ0n) is 22.3. The van der Waals surface area contributed by atoms with Gasteiger partial charge in [-0.25, -0.2) is 0 Å². The number of amides is 2. The Hall–Kier alpha value is -2.58. The number of aliphatic hydroxyl groups is 1. The number of allylic oxidation sites excluding steroid dienone is 1. The molecule has 4 aliphatic heterocycles. The summed E-state index contributed by atoms with van der Waals surface area (Å²) in [5.74, 6) is -2.28. The van der Waals surface area contributed by atoms with Gasteiger partial charge in [0.2, 0.25) is 11.8 Å². The van der Waals surface area contributed by atoms with Crippen molar-refractivity contribution in [2.75, 3.05) is 26.3 Å². The number of rotatable bonds is 6. The van der Waals surface area contributed by atoms with Crippen LogP contribution in [0.2, 0.25) is 0 Å². The highest BCUT2D eigenvalue weighted by atomic mass is 32.2. The molecule has 7 nitrogen and oxygen atoms in total. The molecule has 6 atom stereocenters. The standard InChI is InChI=1S/C30H38N2O5S/c1-3-4-17-31-18-12-16-30-23(24-28(36)37-19-11-6-5-10-15-29(24,2)38-30)26(34)32(25(30)27(31)35)22(20-33)21-13-8-7-9-14-21/h7-10,12-16,22-25,33H,3-6,11,17-20H2,1-2H3/b15-10-/t22-,23+,24+,25?,29-,30+/m1/s1. The number of hydrogen-bond donors (Lipinski definition) is 1. The van der Waals surface area contributed by atoms with Gasteiger partial charge in [0, 0.05) is 17.8 Å². The Labute approximate surface area is 229 Å². The molecule has 4 aliphatic rings. The lowest BCUT2D eigenvalue weighted by Gasteiger charge is -2.40. The van der Waals surface area contributed by atoms with Gasteiger partial charge in [0.25, 0.3) is 0 Å². The molecule has 1 aromatic rings. The second kappa shape index (κ2) is 10.9. The summed E-state index contributed by atoms with van der Waals surface area (Å²) in [5, 5.41) is 10.6. The molecule has 1 unspecified atom stereocenters. The summed E-state index contributed by atoms with van der Waals surface area (Å²) in [5.41, 5.74) is 0.765. The lowest BCUT2D eigenvalue weighted by molar-refractivity contribution is -0.155. The van der Waals surface area contributed by atoms with Crippen molar-refractivity contribution < 1.29 is 24.2 Å². The van der Waals surface area contributed by atoms with Gasteiger partial charge in [-0.15, -0.1) is 11.8 Å². The van der Waals surface area contributed by atoms with Gasteiger partial charge in [0.15, 0.2) is 0 Å². The van der Waals surface area contributed by atoms with Gasteiger partial charge in [-0.2, -0.15) is 0 Å². The Bertz CT molecular complexity index is 1120. The molecule has 0 aromatic heterocycles. The number of fused-ring (bicyclic) bond motifs is 2. The molecule has 8 heteroatoms. The molecule has 2 amide bonds. The van der Waals surface area contributed by atoms with Crippen molar-refractivity contribution in [3.05, 3.63) is 60.2 Å². The van der Waals surface area contributed by atoms with Crippen molar-refractivity contribution in [1.82, 2.24) is 9.80 Å². The number of carbonyl (C=O) groups excluding carboxylic acids is 3. The zero-order chi connectivity index (χ0) is 26.9. The molecule has 2 fully saturated rings. The van der Waals surface area contributed by atoms with Gasteiger partial charge in [0.1, 0.15) is 6.04 Å². The third-order valence-electron chi connectivity index (χ3n) is 8.50. The maximum Gasteiger partial charge on any atom is 0.311 e. The Morgan fingerprint density at radius 2 is 1.87 bits per heavy atom. The maximum absolute atomic E-state index is 14.6. The fourth-order valence-electron chi connectivity index (χ4n) is 6.70. The van der Waals surface area contributed by atoms with Gasteiger partial charge >= 0.3 is 5.97 Å². The average Bonchev–Trinajstić information content (AvgIpc) is 3.24. The fourth-order valence-corrected chi connectivity index (χ4v) is 8.84. The first-order valence-corrected chi connectivity index (χ1v) is 14.7. The quantitative estimate of drug-likeness (QED) is 0.437. The number of benzene rings is 1. The van der Waals surface area contributed by atoms with Crippen LogP contribution in [0.5, 0.6) is 0 Å². The van der Waals surface area contributed by atoms with Gasteiger partial charge < -0.3 is 19.6 Å². The Kier molecular flexibility index (Phi) is 7.74. The Balaban J connectivity index is 1.67. The van der Waals surface area contributed by atoms with Gasteiger partial charge in [-0.3, -0.25) is 14.4 Å². The number of ether oxygens (including phenoxy) is 1. The zero-order valence-corrected chi connectivity index (χ0v) is 23.1. The molecule has 0 bridgehead atoms. The van der Waals surface area contributed by atoms with Crippen LogP contribution in [0.1, 0.15) is 57.6 Å². The number of likely N-dealkylation sites (tertiary alicyclic amines) is 1. The van der Waals surface area contributed by atoms with Crippen LogP contribution >= 0.6 is 11.8 Å². The number of carbonyl (C=O) groups is 3. The molecule has 0 aliphatic carbocycles. The summed E-state index contributed by atoms with van der Waals surface area (Å²) < 4.78 is 4.09. The molecule has 1 spiro atoms. The summed E-state index contributed by atoms with van der Waals surface area (Å²) >= 11 is 1.55. The van der Waals surface area contributed by atoms with Crippen LogP contribution in [0.4, 0.5) is 0 Å². The Morgan fingerprint density at radius 3 is 2.61 bits per heavy atom. The first-order valence-electron chi connectivity index (χ1n) is 13.9. The van der Waals surface area contributed by atoms with Crippen LogP contribution in [-0.4, -0.2) is 74.5 Å². The van der Waals surface area contributed by atoms with Crippen LogP contribution in [0.15, 0.2) is 54.6 Å². The predicted molar refractivity (Wildman–Crippen MR) is 147 cm³/mol. The number of hydrogen-bond acceptors (Lipinski definition) is 6. The smallest absolute Gasteiger partial charge is 0.311 e. The van der Waals surface area contributed by atoms with E-state index in [0.29, 0.717) is 19.7 Å². The van der Waals surface area contributed by atoms with Crippen LogP contribution in [-0.2, 0) is 19.1 Å². The number of unbranched alkanes of at least 4 members (excludes halogenated alkanes) is 1. The molecule has 204 valence electrons. The van der Waals surface area contributed by atoms with E-state index in [2.05, 4.69) is 19.1 Å². The van der Waals surface area contributed by atoms with Crippen LogP contribution in [0, 0.1) is 11.8 Å². The monoisotopic (exact) mass is 538 g/mol. The third-order valence-corrected chi connectivity index (χ3v) is 10.3. The van der Waals surface area contributed by atoms with Crippen LogP contribution in [0.25, 0.3) is 0 Å². The van der Waals surface area contributed by atoms with Gasteiger partial charge in [-0.05, 0) is 38.2 Å². The minimum atomic E-state index is -0.950. The van der Waals surface area contributed by atoms with E-state index < -0.39 is 33.4 Å². The average molecular weight is 539 g/mol. The minimum absolute atomic E-state index is 0.120. The molecule has 4 heterocycles. The lowest BCUT2D eigenvalue weighted by Crippen LogP contribution is -2.54. The summed E-state index contributed by atoms with van der Waals surface area (Å²) in [6.07, 6.45) is 12.6. The summed E-state index contributed by atoms with van der Waals surface area (Å²) in [6.45, 7) is 5.16. The number of cyclic esters (lactones) is 1. The summed E-state index contributed by atoms with van der Waals surface area (Å²) in [6, 6.07) is 7.83. The third kappa shape index (κ3) is 4.39. The first-order chi connectivity index (χ1) is 18.4. The van der Waals surface area contributed by atoms with Crippen molar-refractivity contribution in [2.45, 2.75) is 67.5 Å². The van der Waals surface area contributed by atoms with E-state index in [0.717, 1.165) is 37.7 Å². The number of thioether (sulfide) groups is 1. The van der Waals surface area contributed by atoms with E-state index in [9.17, 15) is 19.5 Å². The van der Waals surface area contributed by atoms with E-state index in [4.69, 9.17) is 4.74 Å². The highest BCUT2D eigenvalue weighted by Crippen LogP contribution is 2.66. The predicted octanol–water partition coefficient (Wildman–Crippen LogP) is 3.89. The normalized spacial score (nSPS) is 34.7. The van der Waals surface area contributed by atoms with Crippen molar-refractivity contribution in [1.29, 1.82) is 0 Å².